The summed E-state index contributed by atoms with van der Waals surface area (Å²) >= 11 is 0. The molecule has 0 saturated heterocycles. The zero-order valence-electron chi connectivity index (χ0n) is 8.91. The van der Waals surface area contributed by atoms with E-state index in [2.05, 4.69) is 0 Å². The number of hydrogen-bond acceptors (Lipinski definition) is 4. The second-order valence-electron chi connectivity index (χ2n) is 3.54. The summed E-state index contributed by atoms with van der Waals surface area (Å²) in [4.78, 5) is 11.5. The summed E-state index contributed by atoms with van der Waals surface area (Å²) in [5.74, 6) is -4.09. The second-order valence-corrected chi connectivity index (χ2v) is 3.54. The van der Waals surface area contributed by atoms with Gasteiger partial charge < -0.3 is 21.9 Å². The summed E-state index contributed by atoms with van der Waals surface area (Å²) in [6.45, 7) is -2.28. The van der Waals surface area contributed by atoms with Gasteiger partial charge in [-0.3, -0.25) is 4.79 Å². The fourth-order valence-corrected chi connectivity index (χ4v) is 1.15. The number of nitrogen functional groups attached to an aromatic ring is 2. The zero-order valence-corrected chi connectivity index (χ0v) is 8.91. The summed E-state index contributed by atoms with van der Waals surface area (Å²) in [7, 11) is 0. The minimum absolute atomic E-state index is 0.0629. The highest BCUT2D eigenvalue weighted by Crippen LogP contribution is 2.16. The number of nitrogens with one attached hydrogen (secondary N) is 1. The molecule has 0 aromatic heterocycles. The number of halogens is 2. The molecule has 0 aliphatic heterocycles. The van der Waals surface area contributed by atoms with Crippen LogP contribution in [-0.2, 0) is 0 Å². The Morgan fingerprint density at radius 2 is 2.06 bits per heavy atom. The smallest absolute Gasteiger partial charge is 0.287 e. The van der Waals surface area contributed by atoms with Crippen molar-refractivity contribution >= 4 is 17.3 Å². The first-order valence-corrected chi connectivity index (χ1v) is 4.77. The van der Waals surface area contributed by atoms with Crippen LogP contribution < -0.4 is 16.8 Å². The molecule has 17 heavy (non-hydrogen) atoms. The minimum Gasteiger partial charge on any atom is -0.399 e. The van der Waals surface area contributed by atoms with Gasteiger partial charge in [0.05, 0.1) is 12.1 Å². The quantitative estimate of drug-likeness (QED) is 0.569. The normalized spacial score (nSPS) is 11.2. The zero-order chi connectivity index (χ0) is 13.1. The molecule has 1 amide bonds. The Bertz CT molecular complexity index is 424. The van der Waals surface area contributed by atoms with Crippen LogP contribution in [-0.4, -0.2) is 30.1 Å². The third-order valence-corrected chi connectivity index (χ3v) is 2.06. The molecule has 5 nitrogen and oxygen atoms in total. The maximum Gasteiger partial charge on any atom is 0.287 e. The molecule has 0 aliphatic carbocycles. The van der Waals surface area contributed by atoms with Gasteiger partial charge in [0.2, 0.25) is 0 Å². The van der Waals surface area contributed by atoms with Gasteiger partial charge >= 0.3 is 0 Å². The Kier molecular flexibility index (Phi) is 3.84. The number of amides is 1. The SMILES string of the molecule is Nc1ccc(C(=O)NCC(F)(F)CO)c(N)c1. The van der Waals surface area contributed by atoms with Crippen molar-refractivity contribution in [3.8, 4) is 0 Å². The van der Waals surface area contributed by atoms with Gasteiger partial charge in [0, 0.05) is 11.4 Å². The predicted octanol–water partition coefficient (Wildman–Crippen LogP) is 0.208. The first kappa shape index (κ1) is 13.2. The fraction of sp³-hybridized carbons (Fsp3) is 0.300. The molecule has 1 rings (SSSR count). The molecule has 0 unspecified atom stereocenters. The summed E-state index contributed by atoms with van der Waals surface area (Å²) in [6.07, 6.45) is 0. The molecule has 0 heterocycles. The molecule has 0 radical (unpaired) electrons. The molecular weight excluding hydrogens is 232 g/mol. The molecule has 0 fully saturated rings. The van der Waals surface area contributed by atoms with Gasteiger partial charge in [-0.1, -0.05) is 0 Å². The van der Waals surface area contributed by atoms with Gasteiger partial charge in [-0.05, 0) is 18.2 Å². The molecule has 1 aromatic rings. The van der Waals surface area contributed by atoms with Crippen LogP contribution in [0, 0.1) is 0 Å². The average Bonchev–Trinajstić information content (AvgIpc) is 2.26. The number of benzene rings is 1. The lowest BCUT2D eigenvalue weighted by atomic mass is 10.1. The number of anilines is 2. The maximum atomic E-state index is 12.7. The number of rotatable bonds is 4. The van der Waals surface area contributed by atoms with Crippen molar-refractivity contribution < 1.29 is 18.7 Å². The lowest BCUT2D eigenvalue weighted by molar-refractivity contribution is -0.0461. The highest BCUT2D eigenvalue weighted by atomic mass is 19.3. The van der Waals surface area contributed by atoms with Gasteiger partial charge in [-0.2, -0.15) is 0 Å². The Labute approximate surface area is 96.4 Å². The molecule has 1 aromatic carbocycles. The minimum atomic E-state index is -3.35. The van der Waals surface area contributed by atoms with Crippen LogP contribution in [0.4, 0.5) is 20.2 Å². The Balaban J connectivity index is 2.71. The Morgan fingerprint density at radius 1 is 1.41 bits per heavy atom. The van der Waals surface area contributed by atoms with Crippen LogP contribution in [0.5, 0.6) is 0 Å². The van der Waals surface area contributed by atoms with Crippen LogP contribution in [0.2, 0.25) is 0 Å². The standard InChI is InChI=1S/C10H13F2N3O2/c11-10(12,5-16)4-15-9(17)7-2-1-6(13)3-8(7)14/h1-3,16H,4-5,13-14H2,(H,15,17). The Hall–Kier alpha value is -1.89. The summed E-state index contributed by atoms with van der Waals surface area (Å²) in [6, 6.07) is 4.14. The highest BCUT2D eigenvalue weighted by molar-refractivity contribution is 5.99. The van der Waals surface area contributed by atoms with E-state index in [9.17, 15) is 13.6 Å². The van der Waals surface area contributed by atoms with Gasteiger partial charge in [-0.25, -0.2) is 8.78 Å². The molecule has 0 bridgehead atoms. The number of carbonyl (C=O) groups is 1. The van der Waals surface area contributed by atoms with E-state index < -0.39 is 25.0 Å². The van der Waals surface area contributed by atoms with E-state index in [1.54, 1.807) is 0 Å². The van der Waals surface area contributed by atoms with Crippen LogP contribution in [0.25, 0.3) is 0 Å². The van der Waals surface area contributed by atoms with E-state index in [-0.39, 0.29) is 11.3 Å². The molecule has 6 N–H and O–H groups in total. The number of alkyl halides is 2. The van der Waals surface area contributed by atoms with E-state index in [1.165, 1.54) is 18.2 Å². The summed E-state index contributed by atoms with van der Waals surface area (Å²) < 4.78 is 25.4. The monoisotopic (exact) mass is 245 g/mol. The maximum absolute atomic E-state index is 12.7. The van der Waals surface area contributed by atoms with E-state index in [0.29, 0.717) is 5.69 Å². The van der Waals surface area contributed by atoms with Crippen LogP contribution in [0.3, 0.4) is 0 Å². The van der Waals surface area contributed by atoms with E-state index in [4.69, 9.17) is 16.6 Å². The number of carbonyl (C=O) groups excluding carboxylic acids is 1. The number of aliphatic hydroxyl groups excluding tert-OH is 1. The largest absolute Gasteiger partial charge is 0.399 e. The van der Waals surface area contributed by atoms with Crippen molar-refractivity contribution in [2.45, 2.75) is 5.92 Å². The summed E-state index contributed by atoms with van der Waals surface area (Å²) in [5.41, 5.74) is 11.5. The van der Waals surface area contributed by atoms with Crippen LogP contribution in [0.15, 0.2) is 18.2 Å². The second kappa shape index (κ2) is 4.96. The van der Waals surface area contributed by atoms with E-state index in [0.717, 1.165) is 0 Å². The lowest BCUT2D eigenvalue weighted by Crippen LogP contribution is -2.39. The van der Waals surface area contributed by atoms with Gasteiger partial charge in [0.1, 0.15) is 6.61 Å². The van der Waals surface area contributed by atoms with Crippen molar-refractivity contribution in [2.24, 2.45) is 0 Å². The predicted molar refractivity (Wildman–Crippen MR) is 59.6 cm³/mol. The molecule has 0 saturated carbocycles. The van der Waals surface area contributed by atoms with Crippen molar-refractivity contribution in [1.82, 2.24) is 5.32 Å². The van der Waals surface area contributed by atoms with E-state index >= 15 is 0 Å². The van der Waals surface area contributed by atoms with Crippen molar-refractivity contribution in [3.63, 3.8) is 0 Å². The molecule has 7 heteroatoms. The first-order valence-electron chi connectivity index (χ1n) is 4.77. The number of nitrogens with two attached hydrogens (primary N) is 2. The van der Waals surface area contributed by atoms with Gasteiger partial charge in [0.25, 0.3) is 11.8 Å². The number of hydrogen-bond donors (Lipinski definition) is 4. The Morgan fingerprint density at radius 3 is 2.59 bits per heavy atom. The highest BCUT2D eigenvalue weighted by Gasteiger charge is 2.28. The third-order valence-electron chi connectivity index (χ3n) is 2.06. The molecule has 0 aliphatic rings. The molecule has 94 valence electrons. The fourth-order valence-electron chi connectivity index (χ4n) is 1.15. The summed E-state index contributed by atoms with van der Waals surface area (Å²) in [5, 5.41) is 10.3. The molecular formula is C10H13F2N3O2. The average molecular weight is 245 g/mol. The molecule has 0 spiro atoms. The van der Waals surface area contributed by atoms with Crippen molar-refractivity contribution in [2.75, 3.05) is 24.6 Å². The third kappa shape index (κ3) is 3.56. The van der Waals surface area contributed by atoms with Crippen LogP contribution in [0.1, 0.15) is 10.4 Å². The van der Waals surface area contributed by atoms with Gasteiger partial charge in [0.15, 0.2) is 0 Å². The van der Waals surface area contributed by atoms with Crippen molar-refractivity contribution in [1.29, 1.82) is 0 Å². The lowest BCUT2D eigenvalue weighted by Gasteiger charge is -2.14. The topological polar surface area (TPSA) is 101 Å². The first-order chi connectivity index (χ1) is 7.85. The van der Waals surface area contributed by atoms with E-state index in [1.807, 2.05) is 5.32 Å². The van der Waals surface area contributed by atoms with Gasteiger partial charge in [-0.15, -0.1) is 0 Å². The number of aliphatic hydroxyl groups is 1. The van der Waals surface area contributed by atoms with Crippen molar-refractivity contribution in [3.05, 3.63) is 23.8 Å². The molecule has 0 atom stereocenters. The van der Waals surface area contributed by atoms with Crippen LogP contribution >= 0.6 is 0 Å².